The SMILES string of the molecule is Cc1ccc(CNC(=O)NCCCc2ccccc2)cc1F. The summed E-state index contributed by atoms with van der Waals surface area (Å²) in [6.45, 7) is 2.65. The van der Waals surface area contributed by atoms with Crippen molar-refractivity contribution in [1.29, 1.82) is 0 Å². The topological polar surface area (TPSA) is 41.1 Å². The van der Waals surface area contributed by atoms with E-state index in [-0.39, 0.29) is 11.8 Å². The van der Waals surface area contributed by atoms with Gasteiger partial charge in [0.25, 0.3) is 0 Å². The minimum Gasteiger partial charge on any atom is -0.338 e. The molecule has 0 unspecified atom stereocenters. The molecule has 4 heteroatoms. The molecule has 0 saturated heterocycles. The molecule has 0 aliphatic carbocycles. The van der Waals surface area contributed by atoms with Gasteiger partial charge in [0.15, 0.2) is 0 Å². The normalized spacial score (nSPS) is 10.3. The van der Waals surface area contributed by atoms with Crippen LogP contribution in [0, 0.1) is 12.7 Å². The van der Waals surface area contributed by atoms with E-state index in [2.05, 4.69) is 22.8 Å². The number of hydrogen-bond acceptors (Lipinski definition) is 1. The molecule has 22 heavy (non-hydrogen) atoms. The number of carbonyl (C=O) groups is 1. The van der Waals surface area contributed by atoms with Crippen LogP contribution >= 0.6 is 0 Å². The molecule has 2 N–H and O–H groups in total. The lowest BCUT2D eigenvalue weighted by molar-refractivity contribution is 0.240. The number of nitrogens with one attached hydrogen (secondary N) is 2. The lowest BCUT2D eigenvalue weighted by atomic mass is 10.1. The Labute approximate surface area is 130 Å². The van der Waals surface area contributed by atoms with E-state index in [9.17, 15) is 9.18 Å². The summed E-state index contributed by atoms with van der Waals surface area (Å²) in [6, 6.07) is 14.9. The third-order valence-corrected chi connectivity index (χ3v) is 3.46. The Kier molecular flexibility index (Phi) is 5.95. The van der Waals surface area contributed by atoms with E-state index >= 15 is 0 Å². The van der Waals surface area contributed by atoms with Crippen LogP contribution < -0.4 is 10.6 Å². The Morgan fingerprint density at radius 3 is 2.55 bits per heavy atom. The zero-order chi connectivity index (χ0) is 15.8. The molecule has 0 radical (unpaired) electrons. The van der Waals surface area contributed by atoms with Crippen LogP contribution in [0.15, 0.2) is 48.5 Å². The highest BCUT2D eigenvalue weighted by Gasteiger charge is 2.02. The van der Waals surface area contributed by atoms with E-state index in [0.29, 0.717) is 18.7 Å². The molecule has 2 aromatic carbocycles. The van der Waals surface area contributed by atoms with Crippen LogP contribution in [0.3, 0.4) is 0 Å². The molecule has 2 rings (SSSR count). The van der Waals surface area contributed by atoms with E-state index in [4.69, 9.17) is 0 Å². The summed E-state index contributed by atoms with van der Waals surface area (Å²) in [6.07, 6.45) is 1.82. The van der Waals surface area contributed by atoms with Crippen LogP contribution in [0.1, 0.15) is 23.1 Å². The number of carbonyl (C=O) groups excluding carboxylic acids is 1. The molecule has 2 aromatic rings. The van der Waals surface area contributed by atoms with Gasteiger partial charge in [-0.3, -0.25) is 0 Å². The van der Waals surface area contributed by atoms with Gasteiger partial charge < -0.3 is 10.6 Å². The third-order valence-electron chi connectivity index (χ3n) is 3.46. The molecule has 3 nitrogen and oxygen atoms in total. The maximum Gasteiger partial charge on any atom is 0.315 e. The quantitative estimate of drug-likeness (QED) is 0.787. The fourth-order valence-corrected chi connectivity index (χ4v) is 2.13. The van der Waals surface area contributed by atoms with Crippen molar-refractivity contribution in [2.45, 2.75) is 26.3 Å². The van der Waals surface area contributed by atoms with Crippen molar-refractivity contribution in [3.8, 4) is 0 Å². The van der Waals surface area contributed by atoms with Gasteiger partial charge >= 0.3 is 6.03 Å². The molecular weight excluding hydrogens is 279 g/mol. The first-order valence-electron chi connectivity index (χ1n) is 7.46. The zero-order valence-corrected chi connectivity index (χ0v) is 12.7. The van der Waals surface area contributed by atoms with Gasteiger partial charge in [-0.2, -0.15) is 0 Å². The summed E-state index contributed by atoms with van der Waals surface area (Å²) >= 11 is 0. The summed E-state index contributed by atoms with van der Waals surface area (Å²) in [7, 11) is 0. The molecule has 0 atom stereocenters. The minimum absolute atomic E-state index is 0.228. The van der Waals surface area contributed by atoms with Gasteiger partial charge in [-0.1, -0.05) is 42.5 Å². The van der Waals surface area contributed by atoms with Crippen LogP contribution in [0.5, 0.6) is 0 Å². The number of halogens is 1. The van der Waals surface area contributed by atoms with Gasteiger partial charge in [0.1, 0.15) is 5.82 Å². The molecular formula is C18H21FN2O. The van der Waals surface area contributed by atoms with E-state index in [0.717, 1.165) is 18.4 Å². The fraction of sp³-hybridized carbons (Fsp3) is 0.278. The molecule has 0 fully saturated rings. The fourth-order valence-electron chi connectivity index (χ4n) is 2.13. The Morgan fingerprint density at radius 1 is 1.05 bits per heavy atom. The molecule has 0 aliphatic heterocycles. The van der Waals surface area contributed by atoms with Gasteiger partial charge in [0, 0.05) is 13.1 Å². The average Bonchev–Trinajstić information content (AvgIpc) is 2.54. The summed E-state index contributed by atoms with van der Waals surface area (Å²) in [5.41, 5.74) is 2.62. The van der Waals surface area contributed by atoms with Crippen molar-refractivity contribution >= 4 is 6.03 Å². The van der Waals surface area contributed by atoms with Crippen molar-refractivity contribution in [3.63, 3.8) is 0 Å². The first kappa shape index (κ1) is 16.0. The molecule has 0 spiro atoms. The molecule has 2 amide bonds. The molecule has 0 saturated carbocycles. The van der Waals surface area contributed by atoms with E-state index in [1.165, 1.54) is 11.6 Å². The maximum atomic E-state index is 13.4. The first-order valence-corrected chi connectivity index (χ1v) is 7.46. The molecule has 0 aromatic heterocycles. The highest BCUT2D eigenvalue weighted by Crippen LogP contribution is 2.08. The summed E-state index contributed by atoms with van der Waals surface area (Å²) in [5, 5.41) is 5.53. The van der Waals surface area contributed by atoms with Gasteiger partial charge in [-0.25, -0.2) is 9.18 Å². The Hall–Kier alpha value is -2.36. The summed E-state index contributed by atoms with van der Waals surface area (Å²) in [5.74, 6) is -0.248. The monoisotopic (exact) mass is 300 g/mol. The Bertz CT molecular complexity index is 614. The predicted octanol–water partition coefficient (Wildman–Crippen LogP) is 3.57. The smallest absolute Gasteiger partial charge is 0.315 e. The van der Waals surface area contributed by atoms with Gasteiger partial charge in [-0.15, -0.1) is 0 Å². The molecule has 0 bridgehead atoms. The van der Waals surface area contributed by atoms with Crippen LogP contribution in [-0.2, 0) is 13.0 Å². The number of rotatable bonds is 6. The summed E-state index contributed by atoms with van der Waals surface area (Å²) < 4.78 is 13.4. The van der Waals surface area contributed by atoms with E-state index < -0.39 is 0 Å². The Balaban J connectivity index is 1.64. The second kappa shape index (κ2) is 8.17. The summed E-state index contributed by atoms with van der Waals surface area (Å²) in [4.78, 5) is 11.7. The number of hydrogen-bond donors (Lipinski definition) is 2. The molecule has 0 heterocycles. The van der Waals surface area contributed by atoms with Gasteiger partial charge in [0.2, 0.25) is 0 Å². The van der Waals surface area contributed by atoms with Crippen molar-refractivity contribution in [3.05, 3.63) is 71.0 Å². The average molecular weight is 300 g/mol. The second-order valence-corrected chi connectivity index (χ2v) is 5.28. The number of aryl methyl sites for hydroxylation is 2. The predicted molar refractivity (Wildman–Crippen MR) is 86.1 cm³/mol. The van der Waals surface area contributed by atoms with Crippen LogP contribution in [-0.4, -0.2) is 12.6 Å². The van der Waals surface area contributed by atoms with Crippen LogP contribution in [0.2, 0.25) is 0 Å². The highest BCUT2D eigenvalue weighted by molar-refractivity contribution is 5.73. The number of amides is 2. The van der Waals surface area contributed by atoms with Crippen molar-refractivity contribution in [1.82, 2.24) is 10.6 Å². The van der Waals surface area contributed by atoms with E-state index in [1.807, 2.05) is 24.3 Å². The molecule has 0 aliphatic rings. The van der Waals surface area contributed by atoms with Crippen LogP contribution in [0.25, 0.3) is 0 Å². The van der Waals surface area contributed by atoms with E-state index in [1.54, 1.807) is 13.0 Å². The van der Waals surface area contributed by atoms with Crippen molar-refractivity contribution in [2.24, 2.45) is 0 Å². The zero-order valence-electron chi connectivity index (χ0n) is 12.7. The number of benzene rings is 2. The van der Waals surface area contributed by atoms with Crippen molar-refractivity contribution in [2.75, 3.05) is 6.54 Å². The molecule has 116 valence electrons. The lowest BCUT2D eigenvalue weighted by Gasteiger charge is -2.08. The van der Waals surface area contributed by atoms with Crippen molar-refractivity contribution < 1.29 is 9.18 Å². The second-order valence-electron chi connectivity index (χ2n) is 5.28. The highest BCUT2D eigenvalue weighted by atomic mass is 19.1. The number of urea groups is 1. The third kappa shape index (κ3) is 5.20. The lowest BCUT2D eigenvalue weighted by Crippen LogP contribution is -2.35. The van der Waals surface area contributed by atoms with Crippen LogP contribution in [0.4, 0.5) is 9.18 Å². The Morgan fingerprint density at radius 2 is 1.82 bits per heavy atom. The van der Waals surface area contributed by atoms with Gasteiger partial charge in [0.05, 0.1) is 0 Å². The minimum atomic E-state index is -0.248. The largest absolute Gasteiger partial charge is 0.338 e. The first-order chi connectivity index (χ1) is 10.6. The maximum absolute atomic E-state index is 13.4. The standard InChI is InChI=1S/C18H21FN2O/c1-14-9-10-16(12-17(14)19)13-21-18(22)20-11-5-8-15-6-3-2-4-7-15/h2-4,6-7,9-10,12H,5,8,11,13H2,1H3,(H2,20,21,22). The van der Waals surface area contributed by atoms with Gasteiger partial charge in [-0.05, 0) is 42.5 Å².